The zero-order chi connectivity index (χ0) is 23.9. The maximum absolute atomic E-state index is 14.0. The lowest BCUT2D eigenvalue weighted by Crippen LogP contribution is -2.19. The lowest BCUT2D eigenvalue weighted by Gasteiger charge is -2.24. The minimum atomic E-state index is -3.11. The Hall–Kier alpha value is -3.27. The number of halogens is 2. The predicted molar refractivity (Wildman–Crippen MR) is 128 cm³/mol. The number of alkyl halides is 2. The molecule has 0 spiro atoms. The van der Waals surface area contributed by atoms with Crippen molar-refractivity contribution < 1.29 is 18.3 Å². The lowest BCUT2D eigenvalue weighted by atomic mass is 9.98. The van der Waals surface area contributed by atoms with Gasteiger partial charge >= 0.3 is 0 Å². The van der Waals surface area contributed by atoms with Gasteiger partial charge in [-0.25, -0.2) is 23.3 Å². The second-order valence-electron chi connectivity index (χ2n) is 8.53. The van der Waals surface area contributed by atoms with E-state index in [4.69, 9.17) is 15.2 Å². The van der Waals surface area contributed by atoms with Crippen LogP contribution in [-0.2, 0) is 5.92 Å². The van der Waals surface area contributed by atoms with Crippen LogP contribution >= 0.6 is 11.3 Å². The van der Waals surface area contributed by atoms with Crippen LogP contribution in [0.15, 0.2) is 36.7 Å². The third-order valence-corrected chi connectivity index (χ3v) is 7.00. The minimum absolute atomic E-state index is 0.196. The van der Waals surface area contributed by atoms with E-state index in [1.165, 1.54) is 42.9 Å². The monoisotopic (exact) mass is 485 g/mol. The van der Waals surface area contributed by atoms with Gasteiger partial charge in [0.1, 0.15) is 10.8 Å². The molecule has 7 nitrogen and oxygen atoms in total. The van der Waals surface area contributed by atoms with Crippen molar-refractivity contribution >= 4 is 22.1 Å². The highest BCUT2D eigenvalue weighted by Gasteiger charge is 2.29. The van der Waals surface area contributed by atoms with Crippen molar-refractivity contribution in [2.24, 2.45) is 0 Å². The molecule has 0 saturated heterocycles. The molecule has 3 aromatic heterocycles. The van der Waals surface area contributed by atoms with E-state index in [1.807, 2.05) is 18.2 Å². The normalized spacial score (nSPS) is 15.1. The van der Waals surface area contributed by atoms with Crippen molar-refractivity contribution in [3.63, 3.8) is 0 Å². The average Bonchev–Trinajstić information content (AvgIpc) is 3.41. The maximum Gasteiger partial charge on any atom is 0.274 e. The number of anilines is 1. The Labute approximate surface area is 199 Å². The largest absolute Gasteiger partial charge is 0.493 e. The van der Waals surface area contributed by atoms with Crippen LogP contribution in [0.2, 0.25) is 0 Å². The first kappa shape index (κ1) is 22.5. The third kappa shape index (κ3) is 4.29. The molecule has 0 unspecified atom stereocenters. The summed E-state index contributed by atoms with van der Waals surface area (Å²) in [4.78, 5) is 9.00. The number of hydrogen-bond donors (Lipinski definition) is 1. The van der Waals surface area contributed by atoms with E-state index in [-0.39, 0.29) is 17.5 Å². The van der Waals surface area contributed by atoms with Crippen LogP contribution in [0.1, 0.15) is 44.6 Å². The second kappa shape index (κ2) is 8.83. The Morgan fingerprint density at radius 2 is 1.85 bits per heavy atom. The van der Waals surface area contributed by atoms with Crippen LogP contribution in [0.3, 0.4) is 0 Å². The van der Waals surface area contributed by atoms with E-state index in [0.717, 1.165) is 36.1 Å². The summed E-state index contributed by atoms with van der Waals surface area (Å²) in [5.74, 6) is -1.93. The highest BCUT2D eigenvalue weighted by molar-refractivity contribution is 7.19. The summed E-state index contributed by atoms with van der Waals surface area (Å²) in [6, 6.07) is 7.09. The van der Waals surface area contributed by atoms with Crippen LogP contribution in [0, 0.1) is 0 Å². The molecule has 1 saturated carbocycles. The molecule has 0 radical (unpaired) electrons. The zero-order valence-corrected chi connectivity index (χ0v) is 19.7. The molecule has 1 fully saturated rings. The first-order valence-electron chi connectivity index (χ1n) is 11.2. The highest BCUT2D eigenvalue weighted by Crippen LogP contribution is 2.38. The summed E-state index contributed by atoms with van der Waals surface area (Å²) in [5.41, 5.74) is 7.22. The molecular weight excluding hydrogens is 460 g/mol. The van der Waals surface area contributed by atoms with Gasteiger partial charge in [-0.1, -0.05) is 17.8 Å². The molecule has 34 heavy (non-hydrogen) atoms. The van der Waals surface area contributed by atoms with Gasteiger partial charge in [-0.2, -0.15) is 5.10 Å². The number of pyridine rings is 1. The number of methoxy groups -OCH3 is 1. The van der Waals surface area contributed by atoms with E-state index in [0.29, 0.717) is 22.0 Å². The molecule has 1 aromatic carbocycles. The van der Waals surface area contributed by atoms with Crippen molar-refractivity contribution in [3.05, 3.63) is 42.2 Å². The quantitative estimate of drug-likeness (QED) is 0.364. The van der Waals surface area contributed by atoms with Crippen LogP contribution in [0.5, 0.6) is 11.5 Å². The summed E-state index contributed by atoms with van der Waals surface area (Å²) in [6.45, 7) is 0.798. The predicted octanol–water partition coefficient (Wildman–Crippen LogP) is 5.93. The first-order valence-corrected chi connectivity index (χ1v) is 12.0. The van der Waals surface area contributed by atoms with Gasteiger partial charge in [-0.05, 0) is 49.9 Å². The molecule has 4 aromatic rings. The van der Waals surface area contributed by atoms with Crippen molar-refractivity contribution in [1.82, 2.24) is 19.6 Å². The fourth-order valence-electron chi connectivity index (χ4n) is 4.23. The van der Waals surface area contributed by atoms with Crippen molar-refractivity contribution in [3.8, 4) is 33.3 Å². The molecule has 0 amide bonds. The van der Waals surface area contributed by atoms with Gasteiger partial charge < -0.3 is 15.2 Å². The summed E-state index contributed by atoms with van der Waals surface area (Å²) >= 11 is 1.39. The van der Waals surface area contributed by atoms with Gasteiger partial charge in [0.2, 0.25) is 4.96 Å². The maximum atomic E-state index is 14.0. The first-order chi connectivity index (χ1) is 16.3. The molecule has 10 heteroatoms. The molecule has 0 bridgehead atoms. The summed E-state index contributed by atoms with van der Waals surface area (Å²) in [5, 5.41) is 5.40. The molecule has 178 valence electrons. The molecule has 2 N–H and O–H groups in total. The van der Waals surface area contributed by atoms with E-state index in [9.17, 15) is 8.78 Å². The van der Waals surface area contributed by atoms with Crippen LogP contribution in [0.4, 0.5) is 14.6 Å². The zero-order valence-electron chi connectivity index (χ0n) is 18.9. The van der Waals surface area contributed by atoms with Gasteiger partial charge in [0.25, 0.3) is 5.92 Å². The second-order valence-corrected chi connectivity index (χ2v) is 9.49. The summed E-state index contributed by atoms with van der Waals surface area (Å²) < 4.78 is 41.3. The van der Waals surface area contributed by atoms with E-state index in [2.05, 4.69) is 15.1 Å². The third-order valence-electron chi connectivity index (χ3n) is 6.03. The van der Waals surface area contributed by atoms with Crippen LogP contribution in [-0.4, -0.2) is 32.8 Å². The molecular formula is C24H25F2N5O2S. The van der Waals surface area contributed by atoms with Crippen molar-refractivity contribution in [2.45, 2.75) is 51.1 Å². The number of nitrogen functional groups attached to an aromatic ring is 1. The fourth-order valence-corrected chi connectivity index (χ4v) is 5.11. The van der Waals surface area contributed by atoms with Gasteiger partial charge in [0.15, 0.2) is 11.5 Å². The number of aromatic nitrogens is 4. The van der Waals surface area contributed by atoms with E-state index >= 15 is 0 Å². The van der Waals surface area contributed by atoms with Gasteiger partial charge in [-0.3, -0.25) is 0 Å². The van der Waals surface area contributed by atoms with E-state index < -0.39 is 5.92 Å². The number of imidazole rings is 1. The Morgan fingerprint density at radius 3 is 2.59 bits per heavy atom. The summed E-state index contributed by atoms with van der Waals surface area (Å²) in [6.07, 6.45) is 9.01. The Bertz CT molecular complexity index is 1320. The van der Waals surface area contributed by atoms with Crippen LogP contribution in [0.25, 0.3) is 26.8 Å². The fraction of sp³-hybridized carbons (Fsp3) is 0.375. The Kier molecular flexibility index (Phi) is 5.85. The van der Waals surface area contributed by atoms with E-state index in [1.54, 1.807) is 17.8 Å². The molecule has 1 aliphatic rings. The summed E-state index contributed by atoms with van der Waals surface area (Å²) in [7, 11) is 1.62. The highest BCUT2D eigenvalue weighted by atomic mass is 32.1. The Morgan fingerprint density at radius 1 is 1.06 bits per heavy atom. The minimum Gasteiger partial charge on any atom is -0.493 e. The van der Waals surface area contributed by atoms with Gasteiger partial charge in [-0.15, -0.1) is 0 Å². The number of benzene rings is 1. The topological polar surface area (TPSA) is 87.6 Å². The smallest absolute Gasteiger partial charge is 0.274 e. The number of ether oxygens (including phenoxy) is 2. The number of nitrogens with two attached hydrogens (primary N) is 1. The number of fused-ring (bicyclic) bond motifs is 1. The van der Waals surface area contributed by atoms with Crippen molar-refractivity contribution in [2.75, 3.05) is 12.8 Å². The number of nitrogens with zero attached hydrogens (tertiary/aromatic N) is 4. The average molecular weight is 486 g/mol. The molecule has 1 aliphatic carbocycles. The molecule has 3 heterocycles. The Balaban J connectivity index is 1.47. The molecule has 0 atom stereocenters. The van der Waals surface area contributed by atoms with Gasteiger partial charge in [0, 0.05) is 24.2 Å². The molecule has 5 rings (SSSR count). The lowest BCUT2D eigenvalue weighted by molar-refractivity contribution is 0.0180. The number of hydrogen-bond acceptors (Lipinski definition) is 7. The van der Waals surface area contributed by atoms with Crippen molar-refractivity contribution in [1.29, 1.82) is 0 Å². The SMILES string of the molecule is COc1cc(-c2nn3c(-c4cnc(N)c(C(C)(F)F)c4)cnc3s2)ccc1OC1CCCCC1. The standard InChI is InChI=1S/C24H25F2N5O2S/c1-24(25,26)17-10-15(12-28-21(17)27)18-13-29-23-31(18)30-22(34-23)14-8-9-19(20(11-14)32-2)33-16-6-4-3-5-7-16/h8-13,16H,3-7H2,1-2H3,(H2,27,28). The number of rotatable bonds is 6. The molecule has 0 aliphatic heterocycles. The van der Waals surface area contributed by atoms with Gasteiger partial charge in [0.05, 0.1) is 30.7 Å². The van der Waals surface area contributed by atoms with Crippen LogP contribution < -0.4 is 15.2 Å².